The first-order valence-electron chi connectivity index (χ1n) is 8.28. The molecule has 5 heteroatoms. The van der Waals surface area contributed by atoms with Gasteiger partial charge in [0.05, 0.1) is 19.6 Å². The molecule has 0 radical (unpaired) electrons. The van der Waals surface area contributed by atoms with Gasteiger partial charge in [-0.25, -0.2) is 0 Å². The molecule has 1 aromatic rings. The molecule has 23 heavy (non-hydrogen) atoms. The van der Waals surface area contributed by atoms with Crippen LogP contribution in [0.15, 0.2) is 18.2 Å². The lowest BCUT2D eigenvalue weighted by atomic mass is 9.84. The number of amides is 2. The Kier molecular flexibility index (Phi) is 4.55. The standard InChI is InChI=1S/C18H24N2O3/c1-12-6-7-16(23-2)14(8-12)9-17(21)20-10-15(11-20)19-18(22)13-4-3-5-13/h6-8,13,15H,3-5,9-11H2,1-2H3,(H,19,22). The number of methoxy groups -OCH3 is 1. The fourth-order valence-electron chi connectivity index (χ4n) is 3.08. The van der Waals surface area contributed by atoms with Crippen LogP contribution >= 0.6 is 0 Å². The zero-order chi connectivity index (χ0) is 16.4. The summed E-state index contributed by atoms with van der Waals surface area (Å²) >= 11 is 0. The summed E-state index contributed by atoms with van der Waals surface area (Å²) in [5.41, 5.74) is 2.03. The molecule has 0 spiro atoms. The maximum atomic E-state index is 12.4. The zero-order valence-electron chi connectivity index (χ0n) is 13.8. The molecule has 0 bridgehead atoms. The van der Waals surface area contributed by atoms with E-state index in [-0.39, 0.29) is 23.8 Å². The second-order valence-electron chi connectivity index (χ2n) is 6.62. The number of benzene rings is 1. The summed E-state index contributed by atoms with van der Waals surface area (Å²) < 4.78 is 5.32. The van der Waals surface area contributed by atoms with E-state index in [0.717, 1.165) is 36.1 Å². The third-order valence-corrected chi connectivity index (χ3v) is 4.83. The predicted molar refractivity (Wildman–Crippen MR) is 87.3 cm³/mol. The minimum atomic E-state index is 0.0862. The van der Waals surface area contributed by atoms with E-state index in [4.69, 9.17) is 4.74 Å². The van der Waals surface area contributed by atoms with Crippen LogP contribution < -0.4 is 10.1 Å². The van der Waals surface area contributed by atoms with Crippen molar-refractivity contribution >= 4 is 11.8 Å². The van der Waals surface area contributed by atoms with E-state index >= 15 is 0 Å². The molecule has 1 heterocycles. The number of carbonyl (C=O) groups excluding carboxylic acids is 2. The van der Waals surface area contributed by atoms with Crippen LogP contribution in [-0.4, -0.2) is 43.0 Å². The molecule has 1 aliphatic heterocycles. The summed E-state index contributed by atoms with van der Waals surface area (Å²) in [6.07, 6.45) is 3.52. The number of nitrogens with one attached hydrogen (secondary N) is 1. The van der Waals surface area contributed by atoms with E-state index in [0.29, 0.717) is 19.5 Å². The van der Waals surface area contributed by atoms with Crippen molar-refractivity contribution in [3.8, 4) is 5.75 Å². The van der Waals surface area contributed by atoms with Gasteiger partial charge in [0.1, 0.15) is 5.75 Å². The Morgan fingerprint density at radius 2 is 2.04 bits per heavy atom. The van der Waals surface area contributed by atoms with Gasteiger partial charge < -0.3 is 15.0 Å². The van der Waals surface area contributed by atoms with E-state index < -0.39 is 0 Å². The normalized spacial score (nSPS) is 18.1. The van der Waals surface area contributed by atoms with Crippen molar-refractivity contribution in [1.82, 2.24) is 10.2 Å². The quantitative estimate of drug-likeness (QED) is 0.899. The summed E-state index contributed by atoms with van der Waals surface area (Å²) in [6.45, 7) is 3.24. The average Bonchev–Trinajstić information content (AvgIpc) is 2.40. The van der Waals surface area contributed by atoms with Gasteiger partial charge in [-0.05, 0) is 25.8 Å². The van der Waals surface area contributed by atoms with Gasteiger partial charge in [0.25, 0.3) is 0 Å². The lowest BCUT2D eigenvalue weighted by Gasteiger charge is -2.41. The highest BCUT2D eigenvalue weighted by Crippen LogP contribution is 2.27. The number of likely N-dealkylation sites (tertiary alicyclic amines) is 1. The molecular formula is C18H24N2O3. The van der Waals surface area contributed by atoms with Crippen LogP contribution in [0.3, 0.4) is 0 Å². The Balaban J connectivity index is 1.49. The first-order valence-corrected chi connectivity index (χ1v) is 8.28. The minimum absolute atomic E-state index is 0.0862. The molecule has 1 aliphatic carbocycles. The predicted octanol–water partition coefficient (Wildman–Crippen LogP) is 1.67. The second-order valence-corrected chi connectivity index (χ2v) is 6.62. The molecule has 1 saturated heterocycles. The van der Waals surface area contributed by atoms with Crippen LogP contribution in [-0.2, 0) is 16.0 Å². The van der Waals surface area contributed by atoms with E-state index in [1.165, 1.54) is 0 Å². The molecule has 0 atom stereocenters. The first-order chi connectivity index (χ1) is 11.1. The van der Waals surface area contributed by atoms with Crippen molar-refractivity contribution in [2.24, 2.45) is 5.92 Å². The van der Waals surface area contributed by atoms with Gasteiger partial charge in [0, 0.05) is 24.6 Å². The highest BCUT2D eigenvalue weighted by atomic mass is 16.5. The first kappa shape index (κ1) is 15.8. The SMILES string of the molecule is COc1ccc(C)cc1CC(=O)N1CC(NC(=O)C2CCC2)C1. The van der Waals surface area contributed by atoms with E-state index in [2.05, 4.69) is 5.32 Å². The molecule has 2 fully saturated rings. The maximum absolute atomic E-state index is 12.4. The van der Waals surface area contributed by atoms with Gasteiger partial charge in [0.2, 0.25) is 11.8 Å². The Labute approximate surface area is 137 Å². The smallest absolute Gasteiger partial charge is 0.227 e. The molecular weight excluding hydrogens is 292 g/mol. The summed E-state index contributed by atoms with van der Waals surface area (Å²) in [6, 6.07) is 5.98. The van der Waals surface area contributed by atoms with Crippen molar-refractivity contribution in [2.75, 3.05) is 20.2 Å². The Morgan fingerprint density at radius 1 is 1.30 bits per heavy atom. The molecule has 0 aromatic heterocycles. The number of hydrogen-bond donors (Lipinski definition) is 1. The van der Waals surface area contributed by atoms with E-state index in [1.807, 2.05) is 25.1 Å². The molecule has 2 amide bonds. The van der Waals surface area contributed by atoms with Gasteiger partial charge in [0.15, 0.2) is 0 Å². The molecule has 1 N–H and O–H groups in total. The van der Waals surface area contributed by atoms with E-state index in [1.54, 1.807) is 12.0 Å². The second kappa shape index (κ2) is 6.60. The molecule has 3 rings (SSSR count). The molecule has 1 saturated carbocycles. The summed E-state index contributed by atoms with van der Waals surface area (Å²) in [7, 11) is 1.62. The highest BCUT2D eigenvalue weighted by molar-refractivity contribution is 5.82. The minimum Gasteiger partial charge on any atom is -0.496 e. The third-order valence-electron chi connectivity index (χ3n) is 4.83. The van der Waals surface area contributed by atoms with Crippen LogP contribution in [0.5, 0.6) is 5.75 Å². The van der Waals surface area contributed by atoms with Gasteiger partial charge >= 0.3 is 0 Å². The van der Waals surface area contributed by atoms with Crippen molar-refractivity contribution < 1.29 is 14.3 Å². The van der Waals surface area contributed by atoms with Crippen molar-refractivity contribution in [1.29, 1.82) is 0 Å². The largest absolute Gasteiger partial charge is 0.496 e. The van der Waals surface area contributed by atoms with Crippen molar-refractivity contribution in [2.45, 2.75) is 38.6 Å². The van der Waals surface area contributed by atoms with Gasteiger partial charge in [-0.3, -0.25) is 9.59 Å². The molecule has 1 aromatic carbocycles. The lowest BCUT2D eigenvalue weighted by Crippen LogP contribution is -2.62. The van der Waals surface area contributed by atoms with E-state index in [9.17, 15) is 9.59 Å². The number of hydrogen-bond acceptors (Lipinski definition) is 3. The van der Waals surface area contributed by atoms with Crippen LogP contribution in [0, 0.1) is 12.8 Å². The summed E-state index contributed by atoms with van der Waals surface area (Å²) in [5, 5.41) is 3.04. The van der Waals surface area contributed by atoms with Crippen molar-refractivity contribution in [3.63, 3.8) is 0 Å². The monoisotopic (exact) mass is 316 g/mol. The van der Waals surface area contributed by atoms with Crippen LogP contribution in [0.25, 0.3) is 0 Å². The van der Waals surface area contributed by atoms with Crippen LogP contribution in [0.4, 0.5) is 0 Å². The Bertz CT molecular complexity index is 604. The van der Waals surface area contributed by atoms with Gasteiger partial charge in [-0.1, -0.05) is 24.1 Å². The summed E-state index contributed by atoms with van der Waals surface area (Å²) in [4.78, 5) is 26.0. The summed E-state index contributed by atoms with van der Waals surface area (Å²) in [5.74, 6) is 1.20. The topological polar surface area (TPSA) is 58.6 Å². The zero-order valence-corrected chi connectivity index (χ0v) is 13.8. The Hall–Kier alpha value is -2.04. The number of rotatable bonds is 5. The van der Waals surface area contributed by atoms with Gasteiger partial charge in [-0.15, -0.1) is 0 Å². The van der Waals surface area contributed by atoms with Crippen LogP contribution in [0.1, 0.15) is 30.4 Å². The molecule has 2 aliphatic rings. The fourth-order valence-corrected chi connectivity index (χ4v) is 3.08. The number of nitrogens with zero attached hydrogens (tertiary/aromatic N) is 1. The van der Waals surface area contributed by atoms with Gasteiger partial charge in [-0.2, -0.15) is 0 Å². The average molecular weight is 316 g/mol. The van der Waals surface area contributed by atoms with Crippen LogP contribution in [0.2, 0.25) is 0 Å². The molecule has 0 unspecified atom stereocenters. The highest BCUT2D eigenvalue weighted by Gasteiger charge is 2.34. The maximum Gasteiger partial charge on any atom is 0.227 e. The lowest BCUT2D eigenvalue weighted by molar-refractivity contribution is -0.138. The number of ether oxygens (including phenoxy) is 1. The Morgan fingerprint density at radius 3 is 2.65 bits per heavy atom. The fraction of sp³-hybridized carbons (Fsp3) is 0.556. The van der Waals surface area contributed by atoms with Crippen molar-refractivity contribution in [3.05, 3.63) is 29.3 Å². The third kappa shape index (κ3) is 3.49. The number of aryl methyl sites for hydroxylation is 1. The molecule has 5 nitrogen and oxygen atoms in total. The number of carbonyl (C=O) groups is 2. The molecule has 124 valence electrons.